The first-order valence-corrected chi connectivity index (χ1v) is 5.30. The molecule has 0 radical (unpaired) electrons. The number of hydrogen-bond donors (Lipinski definition) is 0. The lowest BCUT2D eigenvalue weighted by molar-refractivity contribution is 0.664. The quantitative estimate of drug-likeness (QED) is 0.710. The largest absolute Gasteiger partial charge is 0.252 e. The van der Waals surface area contributed by atoms with Crippen LogP contribution >= 0.6 is 11.8 Å². The minimum Gasteiger partial charge on any atom is -0.252 e. The van der Waals surface area contributed by atoms with Gasteiger partial charge in [0.15, 0.2) is 0 Å². The summed E-state index contributed by atoms with van der Waals surface area (Å²) in [5.74, 6) is 0.959. The van der Waals surface area contributed by atoms with Crippen molar-refractivity contribution in [3.8, 4) is 0 Å². The molecule has 0 spiro atoms. The highest BCUT2D eigenvalue weighted by Crippen LogP contribution is 2.13. The minimum absolute atomic E-state index is 0.862. The molecule has 14 heavy (non-hydrogen) atoms. The monoisotopic (exact) mass is 206 g/mol. The lowest BCUT2D eigenvalue weighted by atomic mass is 10.5. The second-order valence-electron chi connectivity index (χ2n) is 2.67. The van der Waals surface area contributed by atoms with Crippen molar-refractivity contribution in [3.63, 3.8) is 0 Å². The average Bonchev–Trinajstić information content (AvgIpc) is 2.72. The van der Waals surface area contributed by atoms with Crippen molar-refractivity contribution >= 4 is 11.8 Å². The van der Waals surface area contributed by atoms with Crippen LogP contribution in [0.25, 0.3) is 0 Å². The van der Waals surface area contributed by atoms with Crippen LogP contribution in [0.4, 0.5) is 0 Å². The van der Waals surface area contributed by atoms with Gasteiger partial charge in [-0.15, -0.1) is 11.8 Å². The van der Waals surface area contributed by atoms with Crippen LogP contribution in [0, 0.1) is 0 Å². The maximum absolute atomic E-state index is 4.22. The highest BCUT2D eigenvalue weighted by Gasteiger charge is 1.95. The maximum Gasteiger partial charge on any atom is 0.137 e. The topological polar surface area (TPSA) is 43.6 Å². The van der Waals surface area contributed by atoms with E-state index >= 15 is 0 Å². The zero-order valence-electron chi connectivity index (χ0n) is 7.58. The second kappa shape index (κ2) is 4.76. The predicted molar refractivity (Wildman–Crippen MR) is 55.0 cm³/mol. The van der Waals surface area contributed by atoms with E-state index in [4.69, 9.17) is 0 Å². The van der Waals surface area contributed by atoms with Crippen LogP contribution in [0.5, 0.6) is 0 Å². The van der Waals surface area contributed by atoms with Crippen molar-refractivity contribution in [2.45, 2.75) is 11.6 Å². The van der Waals surface area contributed by atoms with Crippen LogP contribution in [-0.4, -0.2) is 25.5 Å². The van der Waals surface area contributed by atoms with E-state index in [0.29, 0.717) is 0 Å². The van der Waals surface area contributed by atoms with Gasteiger partial charge < -0.3 is 0 Å². The maximum atomic E-state index is 4.22. The van der Waals surface area contributed by atoms with E-state index < -0.39 is 0 Å². The Morgan fingerprint density at radius 1 is 1.36 bits per heavy atom. The summed E-state index contributed by atoms with van der Waals surface area (Å²) in [5.41, 5.74) is 0. The zero-order chi connectivity index (χ0) is 9.64. The van der Waals surface area contributed by atoms with Crippen molar-refractivity contribution in [1.82, 2.24) is 19.7 Å². The highest BCUT2D eigenvalue weighted by atomic mass is 32.2. The molecule has 0 saturated heterocycles. The molecule has 0 fully saturated rings. The van der Waals surface area contributed by atoms with E-state index in [1.54, 1.807) is 30.6 Å². The van der Waals surface area contributed by atoms with Crippen molar-refractivity contribution < 1.29 is 0 Å². The number of thioether (sulfide) groups is 1. The average molecular weight is 206 g/mol. The van der Waals surface area contributed by atoms with Crippen LogP contribution in [0.3, 0.4) is 0 Å². The van der Waals surface area contributed by atoms with E-state index in [-0.39, 0.29) is 0 Å². The smallest absolute Gasteiger partial charge is 0.137 e. The van der Waals surface area contributed by atoms with E-state index in [9.17, 15) is 0 Å². The fourth-order valence-electron chi connectivity index (χ4n) is 1.02. The van der Waals surface area contributed by atoms with Gasteiger partial charge in [0.2, 0.25) is 0 Å². The summed E-state index contributed by atoms with van der Waals surface area (Å²) >= 11 is 1.72. The van der Waals surface area contributed by atoms with Gasteiger partial charge in [0.1, 0.15) is 12.7 Å². The molecule has 0 bridgehead atoms. The Kier molecular flexibility index (Phi) is 3.13. The molecule has 0 aromatic carbocycles. The summed E-state index contributed by atoms with van der Waals surface area (Å²) in [6.45, 7) is 0.862. The lowest BCUT2D eigenvalue weighted by Gasteiger charge is -1.99. The van der Waals surface area contributed by atoms with Crippen LogP contribution in [0.15, 0.2) is 42.1 Å². The number of nitrogens with zero attached hydrogens (tertiary/aromatic N) is 4. The fourth-order valence-corrected chi connectivity index (χ4v) is 1.82. The second-order valence-corrected chi connectivity index (χ2v) is 3.79. The molecular formula is C9H10N4S. The molecule has 0 amide bonds. The molecule has 0 unspecified atom stereocenters. The van der Waals surface area contributed by atoms with E-state index in [0.717, 1.165) is 17.3 Å². The Balaban J connectivity index is 1.79. The Morgan fingerprint density at radius 2 is 2.36 bits per heavy atom. The van der Waals surface area contributed by atoms with Gasteiger partial charge in [-0.3, -0.25) is 4.68 Å². The first-order valence-electron chi connectivity index (χ1n) is 4.31. The molecule has 0 saturated carbocycles. The van der Waals surface area contributed by atoms with E-state index in [1.807, 2.05) is 22.9 Å². The number of hydrogen-bond acceptors (Lipinski definition) is 4. The summed E-state index contributed by atoms with van der Waals surface area (Å²) in [6.07, 6.45) is 5.07. The minimum atomic E-state index is 0.862. The van der Waals surface area contributed by atoms with Gasteiger partial charge >= 0.3 is 0 Å². The molecule has 5 heteroatoms. The van der Waals surface area contributed by atoms with Crippen molar-refractivity contribution in [2.24, 2.45) is 0 Å². The summed E-state index contributed by atoms with van der Waals surface area (Å²) in [6, 6.07) is 5.91. The number of pyridine rings is 1. The normalized spacial score (nSPS) is 10.3. The molecule has 2 heterocycles. The van der Waals surface area contributed by atoms with Gasteiger partial charge in [-0.25, -0.2) is 9.97 Å². The first-order chi connectivity index (χ1) is 6.95. The molecular weight excluding hydrogens is 196 g/mol. The number of aromatic nitrogens is 4. The molecule has 2 aromatic rings. The van der Waals surface area contributed by atoms with Gasteiger partial charge in [0.25, 0.3) is 0 Å². The van der Waals surface area contributed by atoms with Crippen molar-refractivity contribution in [3.05, 3.63) is 37.1 Å². The zero-order valence-corrected chi connectivity index (χ0v) is 8.39. The summed E-state index contributed by atoms with van der Waals surface area (Å²) in [7, 11) is 0. The van der Waals surface area contributed by atoms with Gasteiger partial charge in [0, 0.05) is 11.9 Å². The molecule has 2 aromatic heterocycles. The lowest BCUT2D eigenvalue weighted by Crippen LogP contribution is -2.00. The highest BCUT2D eigenvalue weighted by molar-refractivity contribution is 7.99. The molecule has 0 atom stereocenters. The van der Waals surface area contributed by atoms with E-state index in [2.05, 4.69) is 15.1 Å². The number of rotatable bonds is 4. The third-order valence-electron chi connectivity index (χ3n) is 1.67. The van der Waals surface area contributed by atoms with Crippen LogP contribution in [0.2, 0.25) is 0 Å². The summed E-state index contributed by atoms with van der Waals surface area (Å²) in [5, 5.41) is 5.07. The van der Waals surface area contributed by atoms with Crippen LogP contribution < -0.4 is 0 Å². The van der Waals surface area contributed by atoms with Gasteiger partial charge in [-0.1, -0.05) is 6.07 Å². The van der Waals surface area contributed by atoms with Gasteiger partial charge in [-0.05, 0) is 12.1 Å². The van der Waals surface area contributed by atoms with Crippen molar-refractivity contribution in [2.75, 3.05) is 5.75 Å². The third-order valence-corrected chi connectivity index (χ3v) is 2.60. The SMILES string of the molecule is c1ccc(SCCn2cncn2)nc1. The molecule has 0 N–H and O–H groups in total. The fraction of sp³-hybridized carbons (Fsp3) is 0.222. The molecule has 4 nitrogen and oxygen atoms in total. The molecule has 0 aliphatic rings. The predicted octanol–water partition coefficient (Wildman–Crippen LogP) is 1.47. The standard InChI is InChI=1S/C9H10N4S/c1-2-4-11-9(3-1)14-6-5-13-8-10-7-12-13/h1-4,7-8H,5-6H2. The first kappa shape index (κ1) is 9.21. The Bertz CT molecular complexity index is 360. The van der Waals surface area contributed by atoms with Crippen LogP contribution in [0.1, 0.15) is 0 Å². The molecule has 0 aliphatic carbocycles. The summed E-state index contributed by atoms with van der Waals surface area (Å²) < 4.78 is 1.82. The van der Waals surface area contributed by atoms with Gasteiger partial charge in [-0.2, -0.15) is 5.10 Å². The van der Waals surface area contributed by atoms with Crippen molar-refractivity contribution in [1.29, 1.82) is 0 Å². The van der Waals surface area contributed by atoms with Crippen LogP contribution in [-0.2, 0) is 6.54 Å². The third kappa shape index (κ3) is 2.56. The molecule has 2 rings (SSSR count). The van der Waals surface area contributed by atoms with Gasteiger partial charge in [0.05, 0.1) is 11.6 Å². The van der Waals surface area contributed by atoms with E-state index in [1.165, 1.54) is 0 Å². The molecule has 72 valence electrons. The molecule has 0 aliphatic heterocycles. The Hall–Kier alpha value is -1.36. The Labute approximate surface area is 86.4 Å². The summed E-state index contributed by atoms with van der Waals surface area (Å²) in [4.78, 5) is 8.09. The Morgan fingerprint density at radius 3 is 3.07 bits per heavy atom. The number of aryl methyl sites for hydroxylation is 1.